The molecule has 1 N–H and O–H groups in total. The topological polar surface area (TPSA) is 21.3 Å². The fourth-order valence-corrected chi connectivity index (χ4v) is 4.82. The molecule has 3 aromatic carbocycles. The van der Waals surface area contributed by atoms with Crippen molar-refractivity contribution >= 4 is 5.69 Å². The van der Waals surface area contributed by atoms with Gasteiger partial charge in [-0.1, -0.05) is 80.6 Å². The summed E-state index contributed by atoms with van der Waals surface area (Å²) in [5, 5.41) is 3.84. The minimum Gasteiger partial charge on any atom is -0.489 e. The Balaban J connectivity index is 1.39. The summed E-state index contributed by atoms with van der Waals surface area (Å²) < 4.78 is 6.10. The van der Waals surface area contributed by atoms with Crippen LogP contribution in [0.25, 0.3) is 0 Å². The van der Waals surface area contributed by atoms with Gasteiger partial charge in [0, 0.05) is 11.6 Å². The number of hydrogen-bond acceptors (Lipinski definition) is 2. The van der Waals surface area contributed by atoms with E-state index in [2.05, 4.69) is 98.0 Å². The van der Waals surface area contributed by atoms with E-state index in [1.807, 2.05) is 6.07 Å². The Morgan fingerprint density at radius 3 is 2.53 bits per heavy atom. The summed E-state index contributed by atoms with van der Waals surface area (Å²) in [5.41, 5.74) is 6.56. The first kappa shape index (κ1) is 19.0. The fourth-order valence-electron chi connectivity index (χ4n) is 4.82. The third-order valence-electron chi connectivity index (χ3n) is 6.54. The van der Waals surface area contributed by atoms with Gasteiger partial charge in [-0.2, -0.15) is 0 Å². The zero-order valence-corrected chi connectivity index (χ0v) is 17.7. The number of ether oxygens (including phenoxy) is 1. The van der Waals surface area contributed by atoms with Gasteiger partial charge in [-0.15, -0.1) is 0 Å². The van der Waals surface area contributed by atoms with Gasteiger partial charge in [0.25, 0.3) is 0 Å². The molecule has 0 radical (unpaired) electrons. The largest absolute Gasteiger partial charge is 0.489 e. The second kappa shape index (κ2) is 8.02. The van der Waals surface area contributed by atoms with Crippen molar-refractivity contribution in [3.05, 3.63) is 107 Å². The van der Waals surface area contributed by atoms with Crippen molar-refractivity contribution in [3.8, 4) is 5.75 Å². The predicted molar refractivity (Wildman–Crippen MR) is 124 cm³/mol. The summed E-state index contributed by atoms with van der Waals surface area (Å²) in [5.74, 6) is 2.50. The molecule has 152 valence electrons. The summed E-state index contributed by atoms with van der Waals surface area (Å²) in [6.07, 6.45) is 5.85. The normalized spacial score (nSPS) is 21.8. The zero-order valence-electron chi connectivity index (χ0n) is 17.7. The number of fused-ring (bicyclic) bond motifs is 3. The van der Waals surface area contributed by atoms with Crippen molar-refractivity contribution in [2.45, 2.75) is 44.8 Å². The molecule has 1 aliphatic carbocycles. The van der Waals surface area contributed by atoms with Crippen LogP contribution in [0.2, 0.25) is 0 Å². The molecule has 3 unspecified atom stereocenters. The lowest BCUT2D eigenvalue weighted by Crippen LogP contribution is -2.29. The Bertz CT molecular complexity index is 1040. The molecule has 5 rings (SSSR count). The molecule has 0 saturated heterocycles. The summed E-state index contributed by atoms with van der Waals surface area (Å²) in [7, 11) is 0. The molecule has 1 heterocycles. The van der Waals surface area contributed by atoms with Gasteiger partial charge >= 0.3 is 0 Å². The third-order valence-corrected chi connectivity index (χ3v) is 6.54. The number of hydrogen-bond donors (Lipinski definition) is 1. The molecule has 2 aliphatic rings. The molecule has 0 saturated carbocycles. The first-order valence-electron chi connectivity index (χ1n) is 11.0. The minimum atomic E-state index is 0.342. The van der Waals surface area contributed by atoms with Gasteiger partial charge in [-0.05, 0) is 58.7 Å². The van der Waals surface area contributed by atoms with E-state index in [1.54, 1.807) is 0 Å². The van der Waals surface area contributed by atoms with Crippen molar-refractivity contribution < 1.29 is 4.74 Å². The minimum absolute atomic E-state index is 0.342. The highest BCUT2D eigenvalue weighted by molar-refractivity contribution is 5.61. The van der Waals surface area contributed by atoms with E-state index in [-0.39, 0.29) is 0 Å². The first-order valence-corrected chi connectivity index (χ1v) is 11.0. The van der Waals surface area contributed by atoms with Crippen molar-refractivity contribution in [1.29, 1.82) is 0 Å². The third kappa shape index (κ3) is 3.63. The number of anilines is 1. The van der Waals surface area contributed by atoms with E-state index in [9.17, 15) is 0 Å². The molecule has 3 aromatic rings. The van der Waals surface area contributed by atoms with Crippen LogP contribution in [0.3, 0.4) is 0 Å². The molecule has 2 heteroatoms. The van der Waals surface area contributed by atoms with E-state index in [1.165, 1.54) is 27.9 Å². The molecular weight excluding hydrogens is 366 g/mol. The highest BCUT2D eigenvalue weighted by Crippen LogP contribution is 2.50. The van der Waals surface area contributed by atoms with Crippen LogP contribution >= 0.6 is 0 Å². The van der Waals surface area contributed by atoms with Crippen LogP contribution in [-0.2, 0) is 6.61 Å². The number of rotatable bonds is 5. The average Bonchev–Trinajstić information content (AvgIpc) is 3.28. The van der Waals surface area contributed by atoms with E-state index in [0.717, 1.165) is 12.2 Å². The summed E-state index contributed by atoms with van der Waals surface area (Å²) in [6.45, 7) is 5.10. The second-order valence-electron chi connectivity index (χ2n) is 8.82. The van der Waals surface area contributed by atoms with E-state index >= 15 is 0 Å². The summed E-state index contributed by atoms with van der Waals surface area (Å²) in [4.78, 5) is 0. The zero-order chi connectivity index (χ0) is 20.5. The lowest BCUT2D eigenvalue weighted by atomic mass is 9.77. The molecule has 3 atom stereocenters. The van der Waals surface area contributed by atoms with Crippen molar-refractivity contribution in [2.75, 3.05) is 5.32 Å². The van der Waals surface area contributed by atoms with E-state index in [4.69, 9.17) is 4.74 Å². The molecule has 30 heavy (non-hydrogen) atoms. The number of allylic oxidation sites excluding steroid dienone is 2. The van der Waals surface area contributed by atoms with Crippen molar-refractivity contribution in [1.82, 2.24) is 0 Å². The Hall–Kier alpha value is -3.00. The lowest BCUT2D eigenvalue weighted by molar-refractivity contribution is 0.305. The van der Waals surface area contributed by atoms with Crippen molar-refractivity contribution in [3.63, 3.8) is 0 Å². The molecular formula is C28H29NO. The van der Waals surface area contributed by atoms with E-state index < -0.39 is 0 Å². The molecule has 0 spiro atoms. The van der Waals surface area contributed by atoms with Gasteiger partial charge in [0.15, 0.2) is 0 Å². The monoisotopic (exact) mass is 395 g/mol. The maximum absolute atomic E-state index is 6.10. The second-order valence-corrected chi connectivity index (χ2v) is 8.82. The fraction of sp³-hybridized carbons (Fsp3) is 0.286. The average molecular weight is 396 g/mol. The van der Waals surface area contributed by atoms with Crippen LogP contribution in [0, 0.1) is 5.92 Å². The summed E-state index contributed by atoms with van der Waals surface area (Å²) >= 11 is 0. The molecule has 0 amide bonds. The Labute approximate surface area is 179 Å². The summed E-state index contributed by atoms with van der Waals surface area (Å²) in [6, 6.07) is 26.4. The molecule has 0 aromatic heterocycles. The van der Waals surface area contributed by atoms with Gasteiger partial charge in [-0.25, -0.2) is 0 Å². The van der Waals surface area contributed by atoms with Gasteiger partial charge < -0.3 is 10.1 Å². The van der Waals surface area contributed by atoms with Crippen LogP contribution in [0.1, 0.15) is 60.4 Å². The number of benzene rings is 3. The van der Waals surface area contributed by atoms with Crippen LogP contribution in [0.15, 0.2) is 84.9 Å². The number of nitrogens with one attached hydrogen (secondary N) is 1. The standard InChI is InChI=1S/C28H29NO/c1-19(2)21-11-13-22(14-12-21)28-25-10-6-9-24(25)26-17-23(15-16-27(26)29-28)30-18-20-7-4-3-5-8-20/h3-9,11-17,19,24-25,28-29H,10,18H2,1-2H3. The van der Waals surface area contributed by atoms with Crippen molar-refractivity contribution in [2.24, 2.45) is 5.92 Å². The Morgan fingerprint density at radius 1 is 0.967 bits per heavy atom. The maximum atomic E-state index is 6.10. The van der Waals surface area contributed by atoms with Crippen LogP contribution in [0.4, 0.5) is 5.69 Å². The molecule has 1 aliphatic heterocycles. The Kier molecular flexibility index (Phi) is 5.08. The van der Waals surface area contributed by atoms with E-state index in [0.29, 0.717) is 30.4 Å². The lowest BCUT2D eigenvalue weighted by Gasteiger charge is -2.37. The highest BCUT2D eigenvalue weighted by Gasteiger charge is 2.38. The van der Waals surface area contributed by atoms with Crippen LogP contribution in [0.5, 0.6) is 5.75 Å². The quantitative estimate of drug-likeness (QED) is 0.461. The maximum Gasteiger partial charge on any atom is 0.120 e. The molecule has 0 fully saturated rings. The SMILES string of the molecule is CC(C)c1ccc(C2Nc3ccc(OCc4ccccc4)cc3C3C=CCC32)cc1. The smallest absolute Gasteiger partial charge is 0.120 e. The first-order chi connectivity index (χ1) is 14.7. The molecule has 2 nitrogen and oxygen atoms in total. The van der Waals surface area contributed by atoms with Gasteiger partial charge in [0.05, 0.1) is 6.04 Å². The van der Waals surface area contributed by atoms with Gasteiger partial charge in [0.2, 0.25) is 0 Å². The predicted octanol–water partition coefficient (Wildman–Crippen LogP) is 7.22. The Morgan fingerprint density at radius 2 is 1.77 bits per heavy atom. The van der Waals surface area contributed by atoms with Gasteiger partial charge in [0.1, 0.15) is 12.4 Å². The molecule has 0 bridgehead atoms. The van der Waals surface area contributed by atoms with Crippen LogP contribution < -0.4 is 10.1 Å². The van der Waals surface area contributed by atoms with Crippen LogP contribution in [-0.4, -0.2) is 0 Å². The highest BCUT2D eigenvalue weighted by atomic mass is 16.5. The van der Waals surface area contributed by atoms with Gasteiger partial charge in [-0.3, -0.25) is 0 Å².